The molecule has 0 aromatic heterocycles. The summed E-state index contributed by atoms with van der Waals surface area (Å²) in [6.45, 7) is 3.38. The molecule has 7 heteroatoms. The molecule has 0 amide bonds. The minimum absolute atomic E-state index is 0.0551. The molecule has 0 saturated heterocycles. The highest BCUT2D eigenvalue weighted by molar-refractivity contribution is 6.62. The molecule has 1 aromatic carbocycles. The average molecular weight is 344 g/mol. The van der Waals surface area contributed by atoms with E-state index < -0.39 is 23.6 Å². The van der Waals surface area contributed by atoms with Gasteiger partial charge in [-0.3, -0.25) is 9.59 Å². The van der Waals surface area contributed by atoms with Gasteiger partial charge in [-0.25, -0.2) is 4.79 Å². The summed E-state index contributed by atoms with van der Waals surface area (Å²) >= 11 is 0. The van der Waals surface area contributed by atoms with Crippen LogP contribution in [0.1, 0.15) is 31.9 Å². The van der Waals surface area contributed by atoms with Crippen LogP contribution in [0, 0.1) is 0 Å². The Morgan fingerprint density at radius 2 is 1.96 bits per heavy atom. The lowest BCUT2D eigenvalue weighted by Gasteiger charge is -2.16. The molecule has 0 N–H and O–H groups in total. The summed E-state index contributed by atoms with van der Waals surface area (Å²) in [4.78, 5) is 37.3. The van der Waals surface area contributed by atoms with E-state index in [1.807, 2.05) is 6.07 Å². The highest BCUT2D eigenvalue weighted by Gasteiger charge is 2.33. The second kappa shape index (κ2) is 10.8. The van der Waals surface area contributed by atoms with E-state index in [0.717, 1.165) is 0 Å². The second-order valence-electron chi connectivity index (χ2n) is 5.10. The van der Waals surface area contributed by atoms with Crippen LogP contribution in [-0.4, -0.2) is 41.8 Å². The summed E-state index contributed by atoms with van der Waals surface area (Å²) in [5.41, 5.74) is 9.48. The van der Waals surface area contributed by atoms with Crippen molar-refractivity contribution in [2.75, 3.05) is 13.2 Å². The van der Waals surface area contributed by atoms with Crippen LogP contribution >= 0.6 is 0 Å². The van der Waals surface area contributed by atoms with Crippen molar-refractivity contribution in [1.29, 1.82) is 0 Å². The van der Waals surface area contributed by atoms with Crippen LogP contribution in [0.2, 0.25) is 0 Å². The molecule has 0 heterocycles. The zero-order valence-corrected chi connectivity index (χ0v) is 14.2. The third kappa shape index (κ3) is 6.63. The van der Waals surface area contributed by atoms with Gasteiger partial charge in [-0.15, -0.1) is 0 Å². The fourth-order valence-corrected chi connectivity index (χ4v) is 1.96. The van der Waals surface area contributed by atoms with Crippen molar-refractivity contribution >= 4 is 23.8 Å². The number of rotatable bonds is 10. The number of ketones is 1. The van der Waals surface area contributed by atoms with Crippen LogP contribution in [0.25, 0.3) is 5.53 Å². The summed E-state index contributed by atoms with van der Waals surface area (Å²) in [6, 6.07) is 8.94. The van der Waals surface area contributed by atoms with Gasteiger partial charge in [0, 0.05) is 6.42 Å². The van der Waals surface area contributed by atoms with Crippen molar-refractivity contribution < 1.29 is 28.6 Å². The third-order valence-electron chi connectivity index (χ3n) is 3.26. The summed E-state index contributed by atoms with van der Waals surface area (Å²) in [5.74, 6) is -1.69. The number of benzene rings is 1. The van der Waals surface area contributed by atoms with E-state index in [1.54, 1.807) is 44.2 Å². The summed E-state index contributed by atoms with van der Waals surface area (Å²) in [7, 11) is 0. The van der Waals surface area contributed by atoms with Crippen molar-refractivity contribution in [3.63, 3.8) is 0 Å². The van der Waals surface area contributed by atoms with Gasteiger partial charge >= 0.3 is 11.7 Å². The predicted molar refractivity (Wildman–Crippen MR) is 89.8 cm³/mol. The molecule has 1 atom stereocenters. The van der Waals surface area contributed by atoms with E-state index in [2.05, 4.69) is 4.79 Å². The molecule has 0 bridgehead atoms. The lowest BCUT2D eigenvalue weighted by atomic mass is 10.0. The monoisotopic (exact) mass is 344 g/mol. The zero-order chi connectivity index (χ0) is 18.7. The lowest BCUT2D eigenvalue weighted by Crippen LogP contribution is -2.29. The molecule has 132 valence electrons. The van der Waals surface area contributed by atoms with Gasteiger partial charge in [-0.05, 0) is 25.0 Å². The quantitative estimate of drug-likeness (QED) is 0.123. The Labute approximate surface area is 145 Å². The number of esters is 1. The molecule has 0 radical (unpaired) electrons. The van der Waals surface area contributed by atoms with Crippen LogP contribution in [0.15, 0.2) is 42.0 Å². The number of carbonyl (C=O) groups excluding carboxylic acids is 3. The van der Waals surface area contributed by atoms with E-state index in [0.29, 0.717) is 17.4 Å². The van der Waals surface area contributed by atoms with E-state index in [-0.39, 0.29) is 19.6 Å². The molecule has 1 rings (SSSR count). The van der Waals surface area contributed by atoms with Crippen molar-refractivity contribution in [3.8, 4) is 0 Å². The first-order chi connectivity index (χ1) is 12.0. The number of ether oxygens (including phenoxy) is 2. The van der Waals surface area contributed by atoms with Crippen molar-refractivity contribution in [1.82, 2.24) is 0 Å². The molecule has 0 aliphatic rings. The molecule has 0 saturated carbocycles. The summed E-state index contributed by atoms with van der Waals surface area (Å²) in [5, 5.41) is 0. The average Bonchev–Trinajstić information content (AvgIpc) is 2.62. The second-order valence-corrected chi connectivity index (χ2v) is 5.10. The molecular formula is C18H20N2O5. The number of hydrogen-bond donors (Lipinski definition) is 0. The SMILES string of the molecule is CCOC(=O)C(=[N+]=[N-])C(=O)C[C@@H](OC/C=C(\C)C=O)c1ccccc1. The largest absolute Gasteiger partial charge is 0.457 e. The van der Waals surface area contributed by atoms with Gasteiger partial charge in [0.2, 0.25) is 0 Å². The molecule has 0 spiro atoms. The Morgan fingerprint density at radius 1 is 1.28 bits per heavy atom. The van der Waals surface area contributed by atoms with Gasteiger partial charge in [-0.2, -0.15) is 4.79 Å². The van der Waals surface area contributed by atoms with E-state index in [4.69, 9.17) is 15.0 Å². The molecule has 7 nitrogen and oxygen atoms in total. The topological polar surface area (TPSA) is 106 Å². The van der Waals surface area contributed by atoms with Gasteiger partial charge in [0.15, 0.2) is 0 Å². The van der Waals surface area contributed by atoms with Crippen LogP contribution in [0.4, 0.5) is 0 Å². The first-order valence-electron chi connectivity index (χ1n) is 7.74. The van der Waals surface area contributed by atoms with E-state index >= 15 is 0 Å². The normalized spacial score (nSPS) is 12.0. The first-order valence-corrected chi connectivity index (χ1v) is 7.74. The number of nitrogens with zero attached hydrogens (tertiary/aromatic N) is 2. The van der Waals surface area contributed by atoms with Gasteiger partial charge < -0.3 is 15.0 Å². The summed E-state index contributed by atoms with van der Waals surface area (Å²) < 4.78 is 10.4. The Hall–Kier alpha value is -2.89. The van der Waals surface area contributed by atoms with Crippen LogP contribution < -0.4 is 0 Å². The highest BCUT2D eigenvalue weighted by atomic mass is 16.5. The maximum absolute atomic E-state index is 12.3. The minimum Gasteiger partial charge on any atom is -0.457 e. The Kier molecular flexibility index (Phi) is 8.71. The van der Waals surface area contributed by atoms with E-state index in [1.165, 1.54) is 0 Å². The number of carbonyl (C=O) groups is 3. The molecular weight excluding hydrogens is 324 g/mol. The third-order valence-corrected chi connectivity index (χ3v) is 3.26. The van der Waals surface area contributed by atoms with Crippen LogP contribution in [0.3, 0.4) is 0 Å². The molecule has 25 heavy (non-hydrogen) atoms. The molecule has 0 fully saturated rings. The van der Waals surface area contributed by atoms with Crippen molar-refractivity contribution in [3.05, 3.63) is 53.1 Å². The fourth-order valence-electron chi connectivity index (χ4n) is 1.96. The van der Waals surface area contributed by atoms with Gasteiger partial charge in [0.05, 0.1) is 19.3 Å². The molecule has 0 unspecified atom stereocenters. The number of Topliss-reactive ketones (excluding diaryl/α,β-unsaturated/α-hetero) is 1. The Bertz CT molecular complexity index is 691. The molecule has 0 aliphatic heterocycles. The predicted octanol–water partition coefficient (Wildman–Crippen LogP) is 2.08. The maximum atomic E-state index is 12.3. The molecule has 1 aromatic rings. The summed E-state index contributed by atoms with van der Waals surface area (Å²) in [6.07, 6.45) is 1.40. The molecule has 0 aliphatic carbocycles. The Balaban J connectivity index is 2.92. The van der Waals surface area contributed by atoms with Gasteiger partial charge in [0.25, 0.3) is 5.78 Å². The van der Waals surface area contributed by atoms with Crippen LogP contribution in [0.5, 0.6) is 0 Å². The Morgan fingerprint density at radius 3 is 2.52 bits per heavy atom. The smallest absolute Gasteiger partial charge is 0.441 e. The zero-order valence-electron chi connectivity index (χ0n) is 14.2. The fraction of sp³-hybridized carbons (Fsp3) is 0.333. The number of allylic oxidation sites excluding steroid dienone is 1. The highest BCUT2D eigenvalue weighted by Crippen LogP contribution is 2.22. The lowest BCUT2D eigenvalue weighted by molar-refractivity contribution is -0.142. The number of hydrogen-bond acceptors (Lipinski definition) is 5. The number of aldehydes is 1. The minimum atomic E-state index is -0.987. The maximum Gasteiger partial charge on any atom is 0.441 e. The van der Waals surface area contributed by atoms with Crippen molar-refractivity contribution in [2.45, 2.75) is 26.4 Å². The van der Waals surface area contributed by atoms with Crippen molar-refractivity contribution in [2.24, 2.45) is 0 Å². The van der Waals surface area contributed by atoms with Crippen LogP contribution in [-0.2, 0) is 23.9 Å². The van der Waals surface area contributed by atoms with E-state index in [9.17, 15) is 14.4 Å². The van der Waals surface area contributed by atoms with Gasteiger partial charge in [-0.1, -0.05) is 36.4 Å². The van der Waals surface area contributed by atoms with Gasteiger partial charge in [0.1, 0.15) is 6.29 Å². The first kappa shape index (κ1) is 20.2. The standard InChI is InChI=1S/C18H20N2O5/c1-3-24-18(23)17(20-19)15(22)11-16(14-7-5-4-6-8-14)25-10-9-13(2)12-21/h4-9,12,16H,3,10-11H2,1-2H3/b13-9+/t16-/m1/s1.